The molecular weight excluding hydrogens is 118 g/mol. The number of esters is 1. The van der Waals surface area contributed by atoms with Gasteiger partial charge in [0.2, 0.25) is 0 Å². The summed E-state index contributed by atoms with van der Waals surface area (Å²) in [6, 6.07) is 2.00. The molecule has 0 N–H and O–H groups in total. The fourth-order valence-corrected chi connectivity index (χ4v) is 0.825. The van der Waals surface area contributed by atoms with Crippen LogP contribution in [0.2, 0.25) is 0 Å². The first kappa shape index (κ1) is 6.09. The van der Waals surface area contributed by atoms with E-state index in [1.54, 1.807) is 0 Å². The first-order valence-corrected chi connectivity index (χ1v) is 2.85. The molecule has 1 rings (SSSR count). The molecule has 1 unspecified atom stereocenters. The maximum atomic E-state index is 10.4. The fraction of sp³-hybridized carbons (Fsp3) is 0.667. The number of carbonyl (C=O) groups is 1. The van der Waals surface area contributed by atoms with E-state index >= 15 is 0 Å². The standard InChI is InChI=1S/C6H7NO2/c7-2-1-5-3-6(8)9-4-5/h5H,1,3-4H2. The number of carbonyl (C=O) groups excluding carboxylic acids is 1. The molecule has 1 aliphatic heterocycles. The smallest absolute Gasteiger partial charge is 0.306 e. The molecule has 0 amide bonds. The van der Waals surface area contributed by atoms with E-state index in [0.29, 0.717) is 19.4 Å². The maximum Gasteiger partial charge on any atom is 0.306 e. The van der Waals surface area contributed by atoms with E-state index in [2.05, 4.69) is 4.74 Å². The van der Waals surface area contributed by atoms with Gasteiger partial charge in [-0.05, 0) is 0 Å². The number of nitrogens with zero attached hydrogens (tertiary/aromatic N) is 1. The lowest BCUT2D eigenvalue weighted by molar-refractivity contribution is -0.137. The summed E-state index contributed by atoms with van der Waals surface area (Å²) in [5, 5.41) is 8.20. The number of hydrogen-bond acceptors (Lipinski definition) is 3. The summed E-state index contributed by atoms with van der Waals surface area (Å²) in [6.45, 7) is 0.437. The van der Waals surface area contributed by atoms with Crippen LogP contribution < -0.4 is 0 Å². The van der Waals surface area contributed by atoms with Crippen molar-refractivity contribution in [3.8, 4) is 6.07 Å². The lowest BCUT2D eigenvalue weighted by atomic mass is 10.1. The van der Waals surface area contributed by atoms with E-state index in [4.69, 9.17) is 5.26 Å². The van der Waals surface area contributed by atoms with Gasteiger partial charge < -0.3 is 4.74 Å². The molecule has 48 valence electrons. The van der Waals surface area contributed by atoms with Crippen molar-refractivity contribution in [1.82, 2.24) is 0 Å². The number of ether oxygens (including phenoxy) is 1. The summed E-state index contributed by atoms with van der Waals surface area (Å²) < 4.78 is 4.63. The molecule has 0 bridgehead atoms. The average Bonchev–Trinajstić information content (AvgIpc) is 2.17. The van der Waals surface area contributed by atoms with Crippen molar-refractivity contribution in [2.45, 2.75) is 12.8 Å². The largest absolute Gasteiger partial charge is 0.465 e. The number of cyclic esters (lactones) is 1. The first-order valence-electron chi connectivity index (χ1n) is 2.85. The average molecular weight is 125 g/mol. The van der Waals surface area contributed by atoms with Gasteiger partial charge in [-0.2, -0.15) is 5.26 Å². The van der Waals surface area contributed by atoms with E-state index in [1.807, 2.05) is 6.07 Å². The van der Waals surface area contributed by atoms with Crippen LogP contribution in [0.3, 0.4) is 0 Å². The van der Waals surface area contributed by atoms with Crippen LogP contribution >= 0.6 is 0 Å². The van der Waals surface area contributed by atoms with Crippen LogP contribution in [0, 0.1) is 17.2 Å². The van der Waals surface area contributed by atoms with Gasteiger partial charge in [0.15, 0.2) is 0 Å². The van der Waals surface area contributed by atoms with E-state index in [0.717, 1.165) is 0 Å². The highest BCUT2D eigenvalue weighted by Crippen LogP contribution is 2.16. The van der Waals surface area contributed by atoms with E-state index in [1.165, 1.54) is 0 Å². The zero-order valence-corrected chi connectivity index (χ0v) is 4.96. The van der Waals surface area contributed by atoms with Gasteiger partial charge in [-0.1, -0.05) is 0 Å². The second kappa shape index (κ2) is 2.49. The first-order chi connectivity index (χ1) is 4.33. The van der Waals surface area contributed by atoms with Gasteiger partial charge in [-0.25, -0.2) is 0 Å². The third-order valence-electron chi connectivity index (χ3n) is 1.32. The quantitative estimate of drug-likeness (QED) is 0.478. The van der Waals surface area contributed by atoms with Crippen molar-refractivity contribution < 1.29 is 9.53 Å². The summed E-state index contributed by atoms with van der Waals surface area (Å²) >= 11 is 0. The van der Waals surface area contributed by atoms with Gasteiger partial charge >= 0.3 is 5.97 Å². The lowest BCUT2D eigenvalue weighted by Crippen LogP contribution is -1.95. The van der Waals surface area contributed by atoms with E-state index in [9.17, 15) is 4.79 Å². The molecule has 0 spiro atoms. The SMILES string of the molecule is N#CCC1COC(=O)C1. The minimum Gasteiger partial charge on any atom is -0.465 e. The molecule has 0 saturated carbocycles. The van der Waals surface area contributed by atoms with Crippen LogP contribution in [0.4, 0.5) is 0 Å². The summed E-state index contributed by atoms with van der Waals surface area (Å²) in [7, 11) is 0. The highest BCUT2D eigenvalue weighted by Gasteiger charge is 2.22. The van der Waals surface area contributed by atoms with Gasteiger partial charge in [-0.3, -0.25) is 4.79 Å². The predicted molar refractivity (Wildman–Crippen MR) is 29.3 cm³/mol. The van der Waals surface area contributed by atoms with Crippen LogP contribution in [0.1, 0.15) is 12.8 Å². The number of nitriles is 1. The minimum atomic E-state index is -0.171. The summed E-state index contributed by atoms with van der Waals surface area (Å²) in [4.78, 5) is 10.4. The Hall–Kier alpha value is -1.04. The normalized spacial score (nSPS) is 25.2. The maximum absolute atomic E-state index is 10.4. The Morgan fingerprint density at radius 2 is 2.67 bits per heavy atom. The van der Waals surface area contributed by atoms with Crippen LogP contribution in [-0.4, -0.2) is 12.6 Å². The molecule has 3 nitrogen and oxygen atoms in total. The number of hydrogen-bond donors (Lipinski definition) is 0. The summed E-state index contributed by atoms with van der Waals surface area (Å²) in [5.41, 5.74) is 0. The van der Waals surface area contributed by atoms with Crippen molar-refractivity contribution >= 4 is 5.97 Å². The topological polar surface area (TPSA) is 50.1 Å². The Labute approximate surface area is 53.2 Å². The van der Waals surface area contributed by atoms with Gasteiger partial charge in [0, 0.05) is 12.3 Å². The monoisotopic (exact) mass is 125 g/mol. The second-order valence-electron chi connectivity index (χ2n) is 2.12. The van der Waals surface area contributed by atoms with Crippen molar-refractivity contribution in [3.63, 3.8) is 0 Å². The molecular formula is C6H7NO2. The van der Waals surface area contributed by atoms with Crippen LogP contribution in [0.25, 0.3) is 0 Å². The molecule has 1 saturated heterocycles. The molecule has 1 heterocycles. The predicted octanol–water partition coefficient (Wildman–Crippen LogP) is 0.463. The van der Waals surface area contributed by atoms with Crippen molar-refractivity contribution in [2.24, 2.45) is 5.92 Å². The Morgan fingerprint density at radius 1 is 1.89 bits per heavy atom. The Kier molecular flexibility index (Phi) is 1.69. The minimum absolute atomic E-state index is 0.155. The van der Waals surface area contributed by atoms with Gasteiger partial charge in [-0.15, -0.1) is 0 Å². The molecule has 0 radical (unpaired) electrons. The molecule has 0 aromatic carbocycles. The Bertz CT molecular complexity index is 159. The number of rotatable bonds is 1. The third-order valence-corrected chi connectivity index (χ3v) is 1.32. The molecule has 3 heteroatoms. The summed E-state index contributed by atoms with van der Waals surface area (Å²) in [5.74, 6) is -0.0160. The Morgan fingerprint density at radius 3 is 3.11 bits per heavy atom. The van der Waals surface area contributed by atoms with Crippen molar-refractivity contribution in [3.05, 3.63) is 0 Å². The molecule has 1 aliphatic rings. The molecule has 0 aromatic rings. The van der Waals surface area contributed by atoms with Crippen LogP contribution in [-0.2, 0) is 9.53 Å². The highest BCUT2D eigenvalue weighted by atomic mass is 16.5. The fourth-order valence-electron chi connectivity index (χ4n) is 0.825. The van der Waals surface area contributed by atoms with Gasteiger partial charge in [0.05, 0.1) is 19.1 Å². The van der Waals surface area contributed by atoms with E-state index in [-0.39, 0.29) is 11.9 Å². The van der Waals surface area contributed by atoms with Gasteiger partial charge in [0.25, 0.3) is 0 Å². The molecule has 0 aliphatic carbocycles. The van der Waals surface area contributed by atoms with E-state index < -0.39 is 0 Å². The molecule has 9 heavy (non-hydrogen) atoms. The summed E-state index contributed by atoms with van der Waals surface area (Å²) in [6.07, 6.45) is 0.860. The van der Waals surface area contributed by atoms with Crippen LogP contribution in [0.5, 0.6) is 0 Å². The van der Waals surface area contributed by atoms with Crippen molar-refractivity contribution in [2.75, 3.05) is 6.61 Å². The highest BCUT2D eigenvalue weighted by molar-refractivity contribution is 5.71. The zero-order chi connectivity index (χ0) is 6.69. The molecule has 0 aromatic heterocycles. The lowest BCUT2D eigenvalue weighted by Gasteiger charge is -1.93. The Balaban J connectivity index is 2.32. The third kappa shape index (κ3) is 1.43. The van der Waals surface area contributed by atoms with Crippen LogP contribution in [0.15, 0.2) is 0 Å². The molecule has 1 fully saturated rings. The second-order valence-corrected chi connectivity index (χ2v) is 2.12. The zero-order valence-electron chi connectivity index (χ0n) is 4.96. The van der Waals surface area contributed by atoms with Gasteiger partial charge in [0.1, 0.15) is 0 Å². The molecule has 1 atom stereocenters. The van der Waals surface area contributed by atoms with Crippen molar-refractivity contribution in [1.29, 1.82) is 5.26 Å².